The van der Waals surface area contributed by atoms with Gasteiger partial charge >= 0.3 is 0 Å². The quantitative estimate of drug-likeness (QED) is 0.459. The maximum absolute atomic E-state index is 14.1. The zero-order valence-corrected chi connectivity index (χ0v) is 15.0. The van der Waals surface area contributed by atoms with E-state index in [1.807, 2.05) is 0 Å². The van der Waals surface area contributed by atoms with E-state index in [0.29, 0.717) is 16.4 Å². The lowest BCUT2D eigenvalue weighted by Crippen LogP contribution is -2.23. The van der Waals surface area contributed by atoms with E-state index in [2.05, 4.69) is 4.98 Å². The van der Waals surface area contributed by atoms with Crippen LogP contribution in [0.25, 0.3) is 6.08 Å². The maximum atomic E-state index is 14.1. The van der Waals surface area contributed by atoms with E-state index in [9.17, 15) is 18.4 Å². The van der Waals surface area contributed by atoms with Gasteiger partial charge in [-0.05, 0) is 48.6 Å². The van der Waals surface area contributed by atoms with Gasteiger partial charge in [0.2, 0.25) is 5.91 Å². The Hall–Kier alpha value is -3.19. The first-order valence-corrected chi connectivity index (χ1v) is 8.82. The Bertz CT molecular complexity index is 1010. The summed E-state index contributed by atoms with van der Waals surface area (Å²) in [5.41, 5.74) is 0.908. The van der Waals surface area contributed by atoms with Crippen LogP contribution in [0, 0.1) is 11.6 Å². The van der Waals surface area contributed by atoms with Gasteiger partial charge in [0.05, 0.1) is 11.4 Å². The minimum absolute atomic E-state index is 0.109. The normalized spacial score (nSPS) is 10.9. The van der Waals surface area contributed by atoms with E-state index in [1.54, 1.807) is 11.4 Å². The molecule has 3 rings (SSSR count). The molecule has 0 N–H and O–H groups in total. The van der Waals surface area contributed by atoms with Gasteiger partial charge in [-0.1, -0.05) is 12.1 Å². The molecule has 0 bridgehead atoms. The largest absolute Gasteiger partial charge is 0.289 e. The second-order valence-electron chi connectivity index (χ2n) is 5.57. The lowest BCUT2D eigenvalue weighted by molar-refractivity contribution is -0.115. The van der Waals surface area contributed by atoms with Crippen LogP contribution in [0.2, 0.25) is 0 Å². The average molecular weight is 384 g/mol. The van der Waals surface area contributed by atoms with Crippen molar-refractivity contribution in [3.8, 4) is 0 Å². The van der Waals surface area contributed by atoms with Crippen molar-refractivity contribution in [3.63, 3.8) is 0 Å². The van der Waals surface area contributed by atoms with Crippen LogP contribution < -0.4 is 4.90 Å². The second-order valence-corrected chi connectivity index (χ2v) is 6.40. The summed E-state index contributed by atoms with van der Waals surface area (Å²) in [7, 11) is 0. The SMILES string of the molecule is CC(=O)N(c1nc(/C=C/C(=O)c2ccc(F)cc2)cs1)c1ccccc1F. The van der Waals surface area contributed by atoms with Gasteiger partial charge in [0.25, 0.3) is 0 Å². The summed E-state index contributed by atoms with van der Waals surface area (Å²) >= 11 is 1.15. The highest BCUT2D eigenvalue weighted by Crippen LogP contribution is 2.31. The van der Waals surface area contributed by atoms with Crippen LogP contribution in [-0.2, 0) is 4.79 Å². The summed E-state index contributed by atoms with van der Waals surface area (Å²) in [5.74, 6) is -1.64. The predicted molar refractivity (Wildman–Crippen MR) is 101 cm³/mol. The number of amides is 1. The molecule has 0 unspecified atom stereocenters. The fourth-order valence-electron chi connectivity index (χ4n) is 2.37. The zero-order chi connectivity index (χ0) is 19.4. The molecule has 3 aromatic rings. The fourth-order valence-corrected chi connectivity index (χ4v) is 3.22. The van der Waals surface area contributed by atoms with Crippen LogP contribution in [0.4, 0.5) is 19.6 Å². The Balaban J connectivity index is 1.82. The summed E-state index contributed by atoms with van der Waals surface area (Å²) < 4.78 is 27.0. The van der Waals surface area contributed by atoms with E-state index in [1.165, 1.54) is 66.4 Å². The number of halogens is 2. The molecule has 7 heteroatoms. The molecule has 0 aliphatic rings. The first kappa shape index (κ1) is 18.6. The van der Waals surface area contributed by atoms with Crippen molar-refractivity contribution in [2.75, 3.05) is 4.90 Å². The number of para-hydroxylation sites is 1. The number of ketones is 1. The zero-order valence-electron chi connectivity index (χ0n) is 14.2. The van der Waals surface area contributed by atoms with Crippen molar-refractivity contribution in [1.82, 2.24) is 4.98 Å². The molecule has 0 atom stereocenters. The molecular formula is C20H14F2N2O2S. The number of anilines is 2. The lowest BCUT2D eigenvalue weighted by Gasteiger charge is -2.18. The number of carbonyl (C=O) groups is 2. The van der Waals surface area contributed by atoms with E-state index < -0.39 is 11.6 Å². The monoisotopic (exact) mass is 384 g/mol. The second kappa shape index (κ2) is 8.01. The number of hydrogen-bond acceptors (Lipinski definition) is 4. The Labute approximate surface area is 158 Å². The molecule has 1 amide bonds. The Morgan fingerprint density at radius 2 is 1.78 bits per heavy atom. The summed E-state index contributed by atoms with van der Waals surface area (Å²) in [4.78, 5) is 29.6. The van der Waals surface area contributed by atoms with E-state index in [-0.39, 0.29) is 17.4 Å². The van der Waals surface area contributed by atoms with Crippen LogP contribution in [-0.4, -0.2) is 16.7 Å². The number of allylic oxidation sites excluding steroid dienone is 1. The smallest absolute Gasteiger partial charge is 0.230 e. The molecule has 27 heavy (non-hydrogen) atoms. The van der Waals surface area contributed by atoms with Crippen LogP contribution in [0.15, 0.2) is 60.0 Å². The first-order valence-electron chi connectivity index (χ1n) is 7.94. The van der Waals surface area contributed by atoms with E-state index in [0.717, 1.165) is 11.3 Å². The maximum Gasteiger partial charge on any atom is 0.230 e. The van der Waals surface area contributed by atoms with E-state index >= 15 is 0 Å². The Morgan fingerprint density at radius 1 is 1.07 bits per heavy atom. The van der Waals surface area contributed by atoms with Gasteiger partial charge in [-0.25, -0.2) is 13.8 Å². The number of thiazole rings is 1. The van der Waals surface area contributed by atoms with Crippen molar-refractivity contribution in [3.05, 3.63) is 82.9 Å². The highest BCUT2D eigenvalue weighted by Gasteiger charge is 2.20. The molecule has 0 aliphatic heterocycles. The standard InChI is InChI=1S/C20H14F2N2O2S/c1-13(25)24(18-5-3-2-4-17(18)22)20-23-16(12-27-20)10-11-19(26)14-6-8-15(21)9-7-14/h2-12H,1H3/b11-10+. The summed E-state index contributed by atoms with van der Waals surface area (Å²) in [6.45, 7) is 1.32. The molecule has 1 aromatic heterocycles. The van der Waals surface area contributed by atoms with Crippen molar-refractivity contribution < 1.29 is 18.4 Å². The molecule has 1 heterocycles. The lowest BCUT2D eigenvalue weighted by atomic mass is 10.1. The van der Waals surface area contributed by atoms with Crippen molar-refractivity contribution in [1.29, 1.82) is 0 Å². The van der Waals surface area contributed by atoms with Gasteiger partial charge in [0.15, 0.2) is 10.9 Å². The summed E-state index contributed by atoms with van der Waals surface area (Å²) in [5, 5.41) is 1.95. The minimum atomic E-state index is -0.536. The number of carbonyl (C=O) groups excluding carboxylic acids is 2. The third-order valence-electron chi connectivity index (χ3n) is 3.64. The van der Waals surface area contributed by atoms with E-state index in [4.69, 9.17) is 0 Å². The van der Waals surface area contributed by atoms with Crippen LogP contribution in [0.5, 0.6) is 0 Å². The minimum Gasteiger partial charge on any atom is -0.289 e. The third-order valence-corrected chi connectivity index (χ3v) is 4.49. The molecule has 0 fully saturated rings. The van der Waals surface area contributed by atoms with Crippen molar-refractivity contribution in [2.24, 2.45) is 0 Å². The van der Waals surface area contributed by atoms with Gasteiger partial charge in [0, 0.05) is 17.9 Å². The first-order chi connectivity index (χ1) is 13.0. The molecule has 0 saturated heterocycles. The number of rotatable bonds is 5. The summed E-state index contributed by atoms with van der Waals surface area (Å²) in [6, 6.07) is 11.1. The molecule has 0 radical (unpaired) electrons. The molecule has 2 aromatic carbocycles. The van der Waals surface area contributed by atoms with Gasteiger partial charge in [-0.2, -0.15) is 0 Å². The summed E-state index contributed by atoms with van der Waals surface area (Å²) in [6.07, 6.45) is 2.80. The molecule has 0 spiro atoms. The van der Waals surface area contributed by atoms with Crippen LogP contribution >= 0.6 is 11.3 Å². The average Bonchev–Trinajstić information content (AvgIpc) is 3.10. The molecule has 0 saturated carbocycles. The highest BCUT2D eigenvalue weighted by molar-refractivity contribution is 7.14. The molecule has 4 nitrogen and oxygen atoms in total. The van der Waals surface area contributed by atoms with Crippen molar-refractivity contribution in [2.45, 2.75) is 6.92 Å². The molecule has 136 valence electrons. The van der Waals surface area contributed by atoms with Gasteiger partial charge < -0.3 is 0 Å². The van der Waals surface area contributed by atoms with Crippen molar-refractivity contribution >= 4 is 39.9 Å². The van der Waals surface area contributed by atoms with Gasteiger partial charge in [-0.3, -0.25) is 14.5 Å². The number of aromatic nitrogens is 1. The Morgan fingerprint density at radius 3 is 2.44 bits per heavy atom. The van der Waals surface area contributed by atoms with Crippen LogP contribution in [0.3, 0.4) is 0 Å². The number of benzene rings is 2. The molecular weight excluding hydrogens is 370 g/mol. The number of hydrogen-bond donors (Lipinski definition) is 0. The fraction of sp³-hybridized carbons (Fsp3) is 0.0500. The Kier molecular flexibility index (Phi) is 5.52. The third kappa shape index (κ3) is 4.32. The molecule has 0 aliphatic carbocycles. The van der Waals surface area contributed by atoms with Gasteiger partial charge in [-0.15, -0.1) is 11.3 Å². The van der Waals surface area contributed by atoms with Crippen LogP contribution in [0.1, 0.15) is 23.0 Å². The van der Waals surface area contributed by atoms with Gasteiger partial charge in [0.1, 0.15) is 11.6 Å². The highest BCUT2D eigenvalue weighted by atomic mass is 32.1. The predicted octanol–water partition coefficient (Wildman–Crippen LogP) is 5.00. The number of nitrogens with zero attached hydrogens (tertiary/aromatic N) is 2. The topological polar surface area (TPSA) is 50.3 Å².